The van der Waals surface area contributed by atoms with Crippen molar-refractivity contribution in [2.45, 2.75) is 87.0 Å². The molecule has 0 heterocycles. The lowest BCUT2D eigenvalue weighted by Crippen LogP contribution is -2.47. The Morgan fingerprint density at radius 3 is 1.50 bits per heavy atom. The van der Waals surface area contributed by atoms with E-state index in [4.69, 9.17) is 0 Å². The maximum atomic E-state index is 2.50. The molecule has 0 nitrogen and oxygen atoms in total. The molecule has 18 heavy (non-hydrogen) atoms. The van der Waals surface area contributed by atoms with Crippen LogP contribution in [0.25, 0.3) is 0 Å². The lowest BCUT2D eigenvalue weighted by molar-refractivity contribution is -0.0690. The minimum absolute atomic E-state index is 0.537. The van der Waals surface area contributed by atoms with Gasteiger partial charge in [-0.1, -0.05) is 48.5 Å². The van der Waals surface area contributed by atoms with Gasteiger partial charge in [0, 0.05) is 0 Å². The molecule has 0 aromatic carbocycles. The molecule has 1 atom stereocenters. The summed E-state index contributed by atoms with van der Waals surface area (Å²) in [4.78, 5) is 0. The third-order valence-electron chi connectivity index (χ3n) is 5.20. The Morgan fingerprint density at radius 2 is 1.06 bits per heavy atom. The first-order valence-electron chi connectivity index (χ1n) is 7.93. The summed E-state index contributed by atoms with van der Waals surface area (Å²) in [5.74, 6) is 0.915. The fraction of sp³-hybridized carbons (Fsp3) is 1.00. The zero-order valence-electron chi connectivity index (χ0n) is 13.8. The molecule has 0 amide bonds. The molecule has 0 radical (unpaired) electrons. The fourth-order valence-corrected chi connectivity index (χ4v) is 6.70. The van der Waals surface area contributed by atoms with E-state index in [1.54, 1.807) is 0 Å². The Bertz CT molecular complexity index is 297. The summed E-state index contributed by atoms with van der Waals surface area (Å²) < 4.78 is 0. The zero-order valence-corrected chi connectivity index (χ0v) is 13.8. The van der Waals surface area contributed by atoms with Gasteiger partial charge < -0.3 is 0 Å². The molecule has 106 valence electrons. The predicted molar refractivity (Wildman–Crippen MR) is 80.6 cm³/mol. The molecule has 0 aromatic rings. The van der Waals surface area contributed by atoms with Crippen molar-refractivity contribution in [3.05, 3.63) is 0 Å². The van der Waals surface area contributed by atoms with Crippen molar-refractivity contribution >= 4 is 0 Å². The monoisotopic (exact) mass is 250 g/mol. The minimum atomic E-state index is 0.537. The molecule has 2 fully saturated rings. The van der Waals surface area contributed by atoms with Crippen LogP contribution in [0.4, 0.5) is 0 Å². The van der Waals surface area contributed by atoms with Crippen LogP contribution >= 0.6 is 0 Å². The first kappa shape index (κ1) is 14.4. The smallest absolute Gasteiger partial charge is 0.0280 e. The molecule has 2 aliphatic rings. The van der Waals surface area contributed by atoms with Crippen LogP contribution in [0, 0.1) is 27.6 Å². The molecular weight excluding hydrogens is 216 g/mol. The molecular formula is C18H34. The number of hydrogen-bond acceptors (Lipinski definition) is 0. The summed E-state index contributed by atoms with van der Waals surface area (Å²) in [5, 5.41) is 0. The summed E-state index contributed by atoms with van der Waals surface area (Å²) in [5.41, 5.74) is 2.26. The second-order valence-electron chi connectivity index (χ2n) is 10.2. The highest BCUT2D eigenvalue weighted by Gasteiger charge is 2.51. The Hall–Kier alpha value is 0. The van der Waals surface area contributed by atoms with Gasteiger partial charge in [-0.15, -0.1) is 0 Å². The summed E-state index contributed by atoms with van der Waals surface area (Å²) in [6.45, 7) is 17.5. The molecule has 1 unspecified atom stereocenters. The molecule has 0 heteroatoms. The van der Waals surface area contributed by atoms with Gasteiger partial charge in [-0.05, 0) is 66.1 Å². The standard InChI is InChI=1S/C18H34/c1-14-8-15(2,3)11-18(9-14)12-16(4,5)10-17(6,7)13-18/h14H,8-13H2,1-7H3. The van der Waals surface area contributed by atoms with Crippen LogP contribution in [0.3, 0.4) is 0 Å². The van der Waals surface area contributed by atoms with Gasteiger partial charge >= 0.3 is 0 Å². The average Bonchev–Trinajstić information content (AvgIpc) is 1.87. The Kier molecular flexibility index (Phi) is 3.20. The van der Waals surface area contributed by atoms with Crippen LogP contribution in [-0.2, 0) is 0 Å². The maximum Gasteiger partial charge on any atom is -0.0280 e. The molecule has 0 bridgehead atoms. The normalized spacial score (nSPS) is 36.5. The minimum Gasteiger partial charge on any atom is -0.0625 e. The van der Waals surface area contributed by atoms with Crippen LogP contribution in [0.2, 0.25) is 0 Å². The van der Waals surface area contributed by atoms with Crippen LogP contribution in [0.5, 0.6) is 0 Å². The van der Waals surface area contributed by atoms with Crippen molar-refractivity contribution in [3.63, 3.8) is 0 Å². The summed E-state index contributed by atoms with van der Waals surface area (Å²) in [6, 6.07) is 0. The first-order chi connectivity index (χ1) is 7.93. The van der Waals surface area contributed by atoms with Gasteiger partial charge in [-0.3, -0.25) is 0 Å². The number of rotatable bonds is 0. The van der Waals surface area contributed by atoms with E-state index in [1.165, 1.54) is 38.5 Å². The highest BCUT2D eigenvalue weighted by Crippen LogP contribution is 2.62. The van der Waals surface area contributed by atoms with E-state index in [1.807, 2.05) is 0 Å². The zero-order chi connectivity index (χ0) is 13.8. The van der Waals surface area contributed by atoms with E-state index in [2.05, 4.69) is 48.5 Å². The predicted octanol–water partition coefficient (Wildman–Crippen LogP) is 6.06. The number of hydrogen-bond donors (Lipinski definition) is 0. The van der Waals surface area contributed by atoms with Crippen molar-refractivity contribution in [2.75, 3.05) is 0 Å². The van der Waals surface area contributed by atoms with Crippen LogP contribution < -0.4 is 0 Å². The Morgan fingerprint density at radius 1 is 0.611 bits per heavy atom. The van der Waals surface area contributed by atoms with Gasteiger partial charge in [0.2, 0.25) is 0 Å². The lowest BCUT2D eigenvalue weighted by atomic mass is 9.47. The Labute approximate surface area is 115 Å². The highest BCUT2D eigenvalue weighted by molar-refractivity contribution is 5.02. The highest BCUT2D eigenvalue weighted by atomic mass is 14.6. The van der Waals surface area contributed by atoms with Crippen molar-refractivity contribution < 1.29 is 0 Å². The Balaban J connectivity index is 2.29. The second-order valence-corrected chi connectivity index (χ2v) is 10.2. The van der Waals surface area contributed by atoms with Crippen molar-refractivity contribution in [1.29, 1.82) is 0 Å². The maximum absolute atomic E-state index is 2.50. The van der Waals surface area contributed by atoms with E-state index in [0.29, 0.717) is 21.7 Å². The fourth-order valence-electron chi connectivity index (χ4n) is 6.70. The van der Waals surface area contributed by atoms with Gasteiger partial charge in [0.1, 0.15) is 0 Å². The van der Waals surface area contributed by atoms with Gasteiger partial charge in [-0.25, -0.2) is 0 Å². The third-order valence-corrected chi connectivity index (χ3v) is 5.20. The SMILES string of the molecule is CC1CC(C)(C)CC2(C1)CC(C)(C)CC(C)(C)C2. The van der Waals surface area contributed by atoms with Gasteiger partial charge in [-0.2, -0.15) is 0 Å². The average molecular weight is 250 g/mol. The van der Waals surface area contributed by atoms with Gasteiger partial charge in [0.15, 0.2) is 0 Å². The molecule has 0 aromatic heterocycles. The van der Waals surface area contributed by atoms with Crippen LogP contribution in [0.1, 0.15) is 87.0 Å². The van der Waals surface area contributed by atoms with Crippen molar-refractivity contribution in [1.82, 2.24) is 0 Å². The second kappa shape index (κ2) is 4.00. The molecule has 2 rings (SSSR count). The first-order valence-corrected chi connectivity index (χ1v) is 7.93. The van der Waals surface area contributed by atoms with Crippen molar-refractivity contribution in [2.24, 2.45) is 27.6 Å². The van der Waals surface area contributed by atoms with Gasteiger partial charge in [0.05, 0.1) is 0 Å². The van der Waals surface area contributed by atoms with E-state index in [-0.39, 0.29) is 0 Å². The molecule has 2 aliphatic carbocycles. The topological polar surface area (TPSA) is 0 Å². The quantitative estimate of drug-likeness (QED) is 0.490. The molecule has 2 saturated carbocycles. The van der Waals surface area contributed by atoms with Crippen LogP contribution in [0.15, 0.2) is 0 Å². The summed E-state index contributed by atoms with van der Waals surface area (Å²) in [7, 11) is 0. The largest absolute Gasteiger partial charge is 0.0625 e. The lowest BCUT2D eigenvalue weighted by Gasteiger charge is -2.58. The molecule has 1 spiro atoms. The van der Waals surface area contributed by atoms with Crippen molar-refractivity contribution in [3.8, 4) is 0 Å². The third kappa shape index (κ3) is 3.11. The molecule has 0 saturated heterocycles. The van der Waals surface area contributed by atoms with Gasteiger partial charge in [0.25, 0.3) is 0 Å². The molecule has 0 aliphatic heterocycles. The summed E-state index contributed by atoms with van der Waals surface area (Å²) in [6.07, 6.45) is 8.67. The van der Waals surface area contributed by atoms with E-state index in [9.17, 15) is 0 Å². The van der Waals surface area contributed by atoms with Crippen LogP contribution in [-0.4, -0.2) is 0 Å². The van der Waals surface area contributed by atoms with E-state index in [0.717, 1.165) is 5.92 Å². The summed E-state index contributed by atoms with van der Waals surface area (Å²) >= 11 is 0. The van der Waals surface area contributed by atoms with E-state index >= 15 is 0 Å². The molecule has 0 N–H and O–H groups in total. The van der Waals surface area contributed by atoms with E-state index < -0.39 is 0 Å².